The summed E-state index contributed by atoms with van der Waals surface area (Å²) in [5, 5.41) is 8.60. The maximum Gasteiger partial charge on any atom is 0.660 e. The van der Waals surface area contributed by atoms with E-state index in [0.717, 1.165) is 51.7 Å². The maximum absolute atomic E-state index is 5.75. The van der Waals surface area contributed by atoms with E-state index in [9.17, 15) is 0 Å². The molecule has 0 bridgehead atoms. The fourth-order valence-corrected chi connectivity index (χ4v) is 3.18. The third-order valence-corrected chi connectivity index (χ3v) is 4.46. The average Bonchev–Trinajstić information content (AvgIpc) is 3.33. The lowest BCUT2D eigenvalue weighted by Crippen LogP contribution is -2.23. The zero-order valence-corrected chi connectivity index (χ0v) is 14.1. The third-order valence-electron chi connectivity index (χ3n) is 4.46. The van der Waals surface area contributed by atoms with Gasteiger partial charge in [-0.2, -0.15) is 10.2 Å². The Balaban J connectivity index is 1.34. The van der Waals surface area contributed by atoms with Crippen LogP contribution in [0, 0.1) is 0 Å². The highest BCUT2D eigenvalue weighted by atomic mass is 16.6. The van der Waals surface area contributed by atoms with Gasteiger partial charge in [-0.15, -0.1) is 0 Å². The van der Waals surface area contributed by atoms with Gasteiger partial charge in [-0.25, -0.2) is 9.36 Å². The highest BCUT2D eigenvalue weighted by molar-refractivity contribution is 6.20. The van der Waals surface area contributed by atoms with Crippen molar-refractivity contribution in [3.63, 3.8) is 0 Å². The van der Waals surface area contributed by atoms with Crippen molar-refractivity contribution in [2.45, 2.75) is 51.0 Å². The number of rotatable bonds is 6. The number of nitrogens with zero attached hydrogens (tertiary/aromatic N) is 4. The van der Waals surface area contributed by atoms with Gasteiger partial charge in [0.2, 0.25) is 0 Å². The van der Waals surface area contributed by atoms with Crippen molar-refractivity contribution in [2.75, 3.05) is 13.2 Å². The van der Waals surface area contributed by atoms with E-state index in [0.29, 0.717) is 11.8 Å². The Morgan fingerprint density at radius 2 is 1.36 bits per heavy atom. The van der Waals surface area contributed by atoms with Gasteiger partial charge in [0.05, 0.1) is 12.4 Å². The van der Waals surface area contributed by atoms with E-state index in [1.807, 2.05) is 0 Å². The summed E-state index contributed by atoms with van der Waals surface area (Å²) in [5.41, 5.74) is 0. The quantitative estimate of drug-likeness (QED) is 0.749. The number of hydrogen-bond donors (Lipinski definition) is 0. The van der Waals surface area contributed by atoms with Crippen LogP contribution in [0.15, 0.2) is 24.5 Å². The molecule has 4 rings (SSSR count). The predicted molar refractivity (Wildman–Crippen MR) is 89.1 cm³/mol. The molecule has 2 fully saturated rings. The number of aromatic nitrogens is 4. The minimum atomic E-state index is -0.0756. The van der Waals surface area contributed by atoms with E-state index in [-0.39, 0.29) is 12.5 Å². The molecule has 2 aromatic rings. The van der Waals surface area contributed by atoms with Crippen molar-refractivity contribution >= 4 is 7.69 Å². The number of ether oxygens (including phenoxy) is 2. The SMILES string of the molecule is [B](Oc1ccnn1C1CCCCO1)Oc1ccnn1C1CCCCO1. The Morgan fingerprint density at radius 3 is 1.80 bits per heavy atom. The normalized spacial score (nSPS) is 24.0. The van der Waals surface area contributed by atoms with Gasteiger partial charge in [0.1, 0.15) is 0 Å². The molecule has 1 radical (unpaired) electrons. The lowest BCUT2D eigenvalue weighted by molar-refractivity contribution is -0.0429. The predicted octanol–water partition coefficient (Wildman–Crippen LogP) is 2.47. The minimum absolute atomic E-state index is 0.0756. The fourth-order valence-electron chi connectivity index (χ4n) is 3.18. The van der Waals surface area contributed by atoms with Gasteiger partial charge in [0, 0.05) is 25.3 Å². The van der Waals surface area contributed by atoms with Crippen LogP contribution in [0.3, 0.4) is 0 Å². The first kappa shape index (κ1) is 16.5. The summed E-state index contributed by atoms with van der Waals surface area (Å²) in [6.45, 7) is 1.51. The Morgan fingerprint density at radius 1 is 0.840 bits per heavy atom. The molecule has 2 saturated heterocycles. The summed E-state index contributed by atoms with van der Waals surface area (Å²) in [7, 11) is 1.30. The zero-order valence-electron chi connectivity index (χ0n) is 14.1. The van der Waals surface area contributed by atoms with Crippen molar-refractivity contribution in [1.29, 1.82) is 0 Å². The lowest BCUT2D eigenvalue weighted by Gasteiger charge is -2.25. The molecule has 0 saturated carbocycles. The summed E-state index contributed by atoms with van der Waals surface area (Å²) in [4.78, 5) is 0. The van der Waals surface area contributed by atoms with Crippen LogP contribution >= 0.6 is 0 Å². The maximum atomic E-state index is 5.75. The number of hydrogen-bond acceptors (Lipinski definition) is 6. The Labute approximate surface area is 147 Å². The average molecular weight is 345 g/mol. The Bertz CT molecular complexity index is 608. The topological polar surface area (TPSA) is 72.6 Å². The summed E-state index contributed by atoms with van der Waals surface area (Å²) >= 11 is 0. The molecule has 4 heterocycles. The minimum Gasteiger partial charge on any atom is -0.512 e. The first-order chi connectivity index (χ1) is 12.4. The van der Waals surface area contributed by atoms with E-state index < -0.39 is 0 Å². The molecule has 2 aromatic heterocycles. The Kier molecular flexibility index (Phi) is 5.22. The van der Waals surface area contributed by atoms with Crippen LogP contribution in [-0.2, 0) is 9.47 Å². The molecule has 0 spiro atoms. The Hall–Kier alpha value is -2.00. The third kappa shape index (κ3) is 3.82. The lowest BCUT2D eigenvalue weighted by atomic mass is 10.2. The molecule has 8 nitrogen and oxygen atoms in total. The van der Waals surface area contributed by atoms with Crippen molar-refractivity contribution in [1.82, 2.24) is 19.6 Å². The van der Waals surface area contributed by atoms with E-state index in [1.54, 1.807) is 33.9 Å². The van der Waals surface area contributed by atoms with Gasteiger partial charge in [0.15, 0.2) is 24.2 Å². The molecular weight excluding hydrogens is 323 g/mol. The molecule has 0 N–H and O–H groups in total. The zero-order chi connectivity index (χ0) is 16.9. The van der Waals surface area contributed by atoms with Crippen LogP contribution in [-0.4, -0.2) is 40.5 Å². The van der Waals surface area contributed by atoms with Crippen molar-refractivity contribution in [3.8, 4) is 11.8 Å². The molecule has 2 atom stereocenters. The summed E-state index contributed by atoms with van der Waals surface area (Å²) < 4.78 is 26.3. The fraction of sp³-hybridized carbons (Fsp3) is 0.625. The van der Waals surface area contributed by atoms with Crippen LogP contribution in [0.5, 0.6) is 11.8 Å². The van der Waals surface area contributed by atoms with Gasteiger partial charge in [-0.3, -0.25) is 0 Å². The summed E-state index contributed by atoms with van der Waals surface area (Å²) in [6, 6.07) is 3.58. The van der Waals surface area contributed by atoms with Crippen LogP contribution in [0.4, 0.5) is 0 Å². The summed E-state index contributed by atoms with van der Waals surface area (Å²) in [6.07, 6.45) is 9.56. The van der Waals surface area contributed by atoms with Crippen molar-refractivity contribution in [2.24, 2.45) is 0 Å². The molecule has 2 aliphatic rings. The molecular formula is C16H22BN4O4. The highest BCUT2D eigenvalue weighted by Gasteiger charge is 2.22. The van der Waals surface area contributed by atoms with E-state index in [4.69, 9.17) is 18.8 Å². The monoisotopic (exact) mass is 345 g/mol. The van der Waals surface area contributed by atoms with Gasteiger partial charge in [0.25, 0.3) is 0 Å². The molecule has 2 unspecified atom stereocenters. The van der Waals surface area contributed by atoms with Crippen LogP contribution in [0.2, 0.25) is 0 Å². The second-order valence-electron chi connectivity index (χ2n) is 6.20. The molecule has 0 aliphatic carbocycles. The van der Waals surface area contributed by atoms with Crippen LogP contribution in [0.1, 0.15) is 51.0 Å². The van der Waals surface area contributed by atoms with Gasteiger partial charge >= 0.3 is 7.69 Å². The molecule has 0 aromatic carbocycles. The molecule has 9 heteroatoms. The van der Waals surface area contributed by atoms with Crippen molar-refractivity contribution in [3.05, 3.63) is 24.5 Å². The van der Waals surface area contributed by atoms with Gasteiger partial charge in [-0.1, -0.05) is 0 Å². The smallest absolute Gasteiger partial charge is 0.512 e. The van der Waals surface area contributed by atoms with Crippen LogP contribution in [0.25, 0.3) is 0 Å². The highest BCUT2D eigenvalue weighted by Crippen LogP contribution is 2.27. The summed E-state index contributed by atoms with van der Waals surface area (Å²) in [5.74, 6) is 1.18. The van der Waals surface area contributed by atoms with Crippen molar-refractivity contribution < 1.29 is 18.8 Å². The van der Waals surface area contributed by atoms with E-state index in [1.165, 1.54) is 7.69 Å². The van der Waals surface area contributed by atoms with Crippen LogP contribution < -0.4 is 9.31 Å². The van der Waals surface area contributed by atoms with Gasteiger partial charge < -0.3 is 18.8 Å². The second-order valence-corrected chi connectivity index (χ2v) is 6.20. The first-order valence-corrected chi connectivity index (χ1v) is 8.87. The van der Waals surface area contributed by atoms with E-state index >= 15 is 0 Å². The molecule has 25 heavy (non-hydrogen) atoms. The second kappa shape index (κ2) is 7.92. The standard InChI is InChI=1S/C16H22BN4O4/c1-3-11-22-13(5-1)20-15(7-9-18-20)24-17-25-16-8-10-19-21(16)14-6-2-4-12-23-14/h7-10,13-14H,1-6,11-12H2. The molecule has 2 aliphatic heterocycles. The molecule has 133 valence electrons. The van der Waals surface area contributed by atoms with Gasteiger partial charge in [-0.05, 0) is 38.5 Å². The van der Waals surface area contributed by atoms with E-state index in [2.05, 4.69) is 10.2 Å². The largest absolute Gasteiger partial charge is 0.660 e. The first-order valence-electron chi connectivity index (χ1n) is 8.87. The molecule has 0 amide bonds.